The van der Waals surface area contributed by atoms with Gasteiger partial charge in [0.15, 0.2) is 0 Å². The lowest BCUT2D eigenvalue weighted by Crippen LogP contribution is -2.42. The van der Waals surface area contributed by atoms with Crippen molar-refractivity contribution >= 4 is 28.3 Å². The van der Waals surface area contributed by atoms with E-state index in [0.29, 0.717) is 18.7 Å². The van der Waals surface area contributed by atoms with Gasteiger partial charge in [0.1, 0.15) is 0 Å². The van der Waals surface area contributed by atoms with Crippen LogP contribution in [-0.4, -0.2) is 44.4 Å². The maximum Gasteiger partial charge on any atom is 0.253 e. The van der Waals surface area contributed by atoms with Gasteiger partial charge in [-0.15, -0.1) is 12.4 Å². The van der Waals surface area contributed by atoms with Gasteiger partial charge in [0, 0.05) is 30.7 Å². The van der Waals surface area contributed by atoms with Crippen molar-refractivity contribution in [3.63, 3.8) is 0 Å². The van der Waals surface area contributed by atoms with Crippen molar-refractivity contribution < 1.29 is 13.2 Å². The summed E-state index contributed by atoms with van der Waals surface area (Å²) >= 11 is 0. The van der Waals surface area contributed by atoms with E-state index in [0.717, 1.165) is 38.5 Å². The Balaban J connectivity index is 0.00000225. The number of carbonyl (C=O) groups is 1. The number of nitrogens with zero attached hydrogens (tertiary/aromatic N) is 1. The molecule has 1 heterocycles. The zero-order valence-electron chi connectivity index (χ0n) is 14.2. The first-order chi connectivity index (χ1) is 11.5. The zero-order chi connectivity index (χ0) is 17.2. The highest BCUT2D eigenvalue weighted by atomic mass is 35.5. The van der Waals surface area contributed by atoms with Crippen molar-refractivity contribution in [3.8, 4) is 0 Å². The molecule has 140 valence electrons. The average Bonchev–Trinajstić information content (AvgIpc) is 3.07. The Morgan fingerprint density at radius 3 is 2.40 bits per heavy atom. The number of likely N-dealkylation sites (tertiary alicyclic amines) is 1. The number of carbonyl (C=O) groups excluding carboxylic acids is 1. The molecule has 1 aromatic rings. The van der Waals surface area contributed by atoms with E-state index in [9.17, 15) is 13.2 Å². The Kier molecular flexibility index (Phi) is 6.85. The van der Waals surface area contributed by atoms with Crippen LogP contribution in [0, 0.1) is 0 Å². The minimum absolute atomic E-state index is 0. The van der Waals surface area contributed by atoms with Gasteiger partial charge in [-0.2, -0.15) is 0 Å². The molecule has 1 aliphatic heterocycles. The second kappa shape index (κ2) is 8.49. The van der Waals surface area contributed by atoms with Gasteiger partial charge in [-0.25, -0.2) is 13.1 Å². The molecule has 6 nitrogen and oxygen atoms in total. The molecule has 0 radical (unpaired) electrons. The number of hydrogen-bond acceptors (Lipinski definition) is 4. The first-order valence-electron chi connectivity index (χ1n) is 8.63. The lowest BCUT2D eigenvalue weighted by atomic mass is 10.0. The Bertz CT molecular complexity index is 697. The predicted octanol–water partition coefficient (Wildman–Crippen LogP) is 1.89. The van der Waals surface area contributed by atoms with Crippen molar-refractivity contribution in [1.29, 1.82) is 0 Å². The van der Waals surface area contributed by atoms with E-state index in [1.165, 1.54) is 6.07 Å². The first kappa shape index (κ1) is 20.2. The highest BCUT2D eigenvalue weighted by Gasteiger charge is 2.25. The molecule has 8 heteroatoms. The molecule has 1 aliphatic carbocycles. The van der Waals surface area contributed by atoms with E-state index in [1.807, 2.05) is 0 Å². The van der Waals surface area contributed by atoms with Gasteiger partial charge in [0.05, 0.1) is 4.90 Å². The molecule has 1 saturated carbocycles. The molecule has 0 atom stereocenters. The van der Waals surface area contributed by atoms with E-state index >= 15 is 0 Å². The van der Waals surface area contributed by atoms with Crippen molar-refractivity contribution in [2.75, 3.05) is 13.1 Å². The van der Waals surface area contributed by atoms with Gasteiger partial charge in [-0.05, 0) is 43.9 Å². The van der Waals surface area contributed by atoms with Crippen molar-refractivity contribution in [2.24, 2.45) is 5.73 Å². The molecule has 0 bridgehead atoms. The van der Waals surface area contributed by atoms with Crippen LogP contribution in [-0.2, 0) is 10.0 Å². The largest absolute Gasteiger partial charge is 0.339 e. The van der Waals surface area contributed by atoms with Crippen LogP contribution in [0.2, 0.25) is 0 Å². The lowest BCUT2D eigenvalue weighted by molar-refractivity contribution is 0.0714. The van der Waals surface area contributed by atoms with E-state index in [2.05, 4.69) is 4.72 Å². The van der Waals surface area contributed by atoms with Gasteiger partial charge in [0.25, 0.3) is 5.91 Å². The summed E-state index contributed by atoms with van der Waals surface area (Å²) in [5.74, 6) is -0.125. The Morgan fingerprint density at radius 2 is 1.76 bits per heavy atom. The first-order valence-corrected chi connectivity index (χ1v) is 10.1. The molecule has 0 aromatic heterocycles. The molecule has 3 rings (SSSR count). The summed E-state index contributed by atoms with van der Waals surface area (Å²) in [7, 11) is -3.58. The third-order valence-electron chi connectivity index (χ3n) is 4.90. The van der Waals surface area contributed by atoms with Crippen LogP contribution in [0.25, 0.3) is 0 Å². The predicted molar refractivity (Wildman–Crippen MR) is 99.4 cm³/mol. The maximum atomic E-state index is 12.6. The number of nitrogens with two attached hydrogens (primary N) is 1. The summed E-state index contributed by atoms with van der Waals surface area (Å²) < 4.78 is 27.8. The molecular weight excluding hydrogens is 362 g/mol. The number of sulfonamides is 1. The van der Waals surface area contributed by atoms with E-state index in [4.69, 9.17) is 5.73 Å². The molecular formula is C17H26ClN3O3S. The highest BCUT2D eigenvalue weighted by Crippen LogP contribution is 2.21. The fourth-order valence-electron chi connectivity index (χ4n) is 3.41. The molecule has 1 saturated heterocycles. The van der Waals surface area contributed by atoms with Crippen LogP contribution in [0.1, 0.15) is 48.9 Å². The molecule has 25 heavy (non-hydrogen) atoms. The molecule has 2 aliphatic rings. The van der Waals surface area contributed by atoms with E-state index < -0.39 is 10.0 Å². The van der Waals surface area contributed by atoms with Crippen molar-refractivity contribution in [3.05, 3.63) is 29.8 Å². The standard InChI is InChI=1S/C17H25N3O3S.ClH/c18-14-8-10-20(11-9-14)17(21)13-4-3-7-16(12-13)24(22,23)19-15-5-1-2-6-15;/h3-4,7,12,14-15,19H,1-2,5-6,8-11,18H2;1H. The van der Waals surface area contributed by atoms with Crippen LogP contribution < -0.4 is 10.5 Å². The molecule has 2 fully saturated rings. The summed E-state index contributed by atoms with van der Waals surface area (Å²) in [6.45, 7) is 1.24. The summed E-state index contributed by atoms with van der Waals surface area (Å²) in [6, 6.07) is 6.49. The Hall–Kier alpha value is -1.15. The third kappa shape index (κ3) is 4.94. The molecule has 1 amide bonds. The van der Waals surface area contributed by atoms with Crippen LogP contribution in [0.3, 0.4) is 0 Å². The molecule has 0 spiro atoms. The summed E-state index contributed by atoms with van der Waals surface area (Å²) in [5, 5.41) is 0. The van der Waals surface area contributed by atoms with E-state index in [1.54, 1.807) is 23.1 Å². The topological polar surface area (TPSA) is 92.5 Å². The minimum Gasteiger partial charge on any atom is -0.339 e. The van der Waals surface area contributed by atoms with Crippen molar-refractivity contribution in [1.82, 2.24) is 9.62 Å². The second-order valence-electron chi connectivity index (χ2n) is 6.76. The fraction of sp³-hybridized carbons (Fsp3) is 0.588. The molecule has 0 unspecified atom stereocenters. The highest BCUT2D eigenvalue weighted by molar-refractivity contribution is 7.89. The minimum atomic E-state index is -3.58. The molecule has 3 N–H and O–H groups in total. The summed E-state index contributed by atoms with van der Waals surface area (Å²) in [5.41, 5.74) is 6.29. The van der Waals surface area contributed by atoms with Gasteiger partial charge in [0.2, 0.25) is 10.0 Å². The maximum absolute atomic E-state index is 12.6. The number of benzene rings is 1. The Morgan fingerprint density at radius 1 is 1.12 bits per heavy atom. The summed E-state index contributed by atoms with van der Waals surface area (Å²) in [4.78, 5) is 14.5. The monoisotopic (exact) mass is 387 g/mol. The van der Waals surface area contributed by atoms with E-state index in [-0.39, 0.29) is 35.3 Å². The van der Waals surface area contributed by atoms with Gasteiger partial charge < -0.3 is 10.6 Å². The Labute approximate surface area is 155 Å². The smallest absolute Gasteiger partial charge is 0.253 e. The van der Waals surface area contributed by atoms with Gasteiger partial charge in [-0.3, -0.25) is 4.79 Å². The average molecular weight is 388 g/mol. The zero-order valence-corrected chi connectivity index (χ0v) is 15.8. The lowest BCUT2D eigenvalue weighted by Gasteiger charge is -2.30. The second-order valence-corrected chi connectivity index (χ2v) is 8.47. The number of hydrogen-bond donors (Lipinski definition) is 2. The number of halogens is 1. The normalized spacial score (nSPS) is 19.6. The number of amides is 1. The number of rotatable bonds is 4. The number of piperidine rings is 1. The van der Waals surface area contributed by atoms with Crippen LogP contribution in [0.15, 0.2) is 29.2 Å². The quantitative estimate of drug-likeness (QED) is 0.825. The van der Waals surface area contributed by atoms with Gasteiger partial charge in [-0.1, -0.05) is 18.9 Å². The fourth-order valence-corrected chi connectivity index (χ4v) is 4.76. The van der Waals surface area contributed by atoms with Gasteiger partial charge >= 0.3 is 0 Å². The SMILES string of the molecule is Cl.NC1CCN(C(=O)c2cccc(S(=O)(=O)NC3CCCC3)c2)CC1. The summed E-state index contributed by atoms with van der Waals surface area (Å²) in [6.07, 6.45) is 5.45. The van der Waals surface area contributed by atoms with Crippen LogP contribution >= 0.6 is 12.4 Å². The van der Waals surface area contributed by atoms with Crippen LogP contribution in [0.5, 0.6) is 0 Å². The van der Waals surface area contributed by atoms with Crippen LogP contribution in [0.4, 0.5) is 0 Å². The van der Waals surface area contributed by atoms with Crippen molar-refractivity contribution in [2.45, 2.75) is 55.5 Å². The number of nitrogens with one attached hydrogen (secondary N) is 1. The third-order valence-corrected chi connectivity index (χ3v) is 6.41. The molecule has 1 aromatic carbocycles.